The Kier molecular flexibility index (Phi) is 5.93. The molecule has 1 aliphatic heterocycles. The van der Waals surface area contributed by atoms with E-state index in [1.54, 1.807) is 11.6 Å². The molecule has 1 amide bonds. The van der Waals surface area contributed by atoms with Gasteiger partial charge < -0.3 is 15.3 Å². The fraction of sp³-hybridized carbons (Fsp3) is 0.333. The van der Waals surface area contributed by atoms with Crippen LogP contribution in [0.2, 0.25) is 0 Å². The van der Waals surface area contributed by atoms with Gasteiger partial charge in [-0.1, -0.05) is 54.6 Å². The molecule has 190 valence electrons. The number of nitrogens with zero attached hydrogens (tertiary/aromatic N) is 5. The minimum atomic E-state index is -1.00. The minimum absolute atomic E-state index is 0.109. The monoisotopic (exact) mass is 610 g/mol. The van der Waals surface area contributed by atoms with Crippen LogP contribution in [0.15, 0.2) is 59.4 Å². The second kappa shape index (κ2) is 9.16. The van der Waals surface area contributed by atoms with E-state index in [2.05, 4.69) is 44.0 Å². The topological polar surface area (TPSA) is 105 Å². The third-order valence-electron chi connectivity index (χ3n) is 7.91. The molecule has 1 saturated heterocycles. The number of carboxylic acid groups (broad SMARTS) is 1. The predicted molar refractivity (Wildman–Crippen MR) is 149 cm³/mol. The molecule has 4 aromatic rings. The number of hydrogen-bond acceptors (Lipinski definition) is 5. The van der Waals surface area contributed by atoms with Crippen LogP contribution in [0.4, 0.5) is 10.7 Å². The molecule has 2 aromatic carbocycles. The van der Waals surface area contributed by atoms with Crippen molar-refractivity contribution < 1.29 is 9.90 Å². The molecule has 37 heavy (non-hydrogen) atoms. The summed E-state index contributed by atoms with van der Waals surface area (Å²) in [5, 5.41) is 17.5. The standard InChI is InChI=1S/C27H27IN6O3/c1-32-24(35)20-22(28)31-34(16-17-7-3-2-4-8-17)23(20)30-25(32)33-13-11-27(12-14-33)15-18-9-5-6-10-19(18)21(27)29-26(36)37/h2-10,21,29H,11-16H2,1H3,(H,36,37). The summed E-state index contributed by atoms with van der Waals surface area (Å²) in [6.07, 6.45) is 1.43. The molecule has 2 N–H and O–H groups in total. The van der Waals surface area contributed by atoms with E-state index < -0.39 is 6.09 Å². The maximum Gasteiger partial charge on any atom is 0.405 e. The highest BCUT2D eigenvalue weighted by Crippen LogP contribution is 2.52. The van der Waals surface area contributed by atoms with E-state index in [0.29, 0.717) is 40.3 Å². The highest BCUT2D eigenvalue weighted by Gasteiger charge is 2.48. The second-order valence-corrected chi connectivity index (χ2v) is 11.0. The first-order chi connectivity index (χ1) is 17.9. The van der Waals surface area contributed by atoms with Crippen LogP contribution in [0.3, 0.4) is 0 Å². The molecule has 1 atom stereocenters. The van der Waals surface area contributed by atoms with Gasteiger partial charge in [-0.2, -0.15) is 10.1 Å². The van der Waals surface area contributed by atoms with Crippen LogP contribution >= 0.6 is 22.6 Å². The van der Waals surface area contributed by atoms with E-state index in [0.717, 1.165) is 30.4 Å². The number of fused-ring (bicyclic) bond motifs is 2. The van der Waals surface area contributed by atoms with Crippen LogP contribution in [0.25, 0.3) is 11.0 Å². The van der Waals surface area contributed by atoms with Gasteiger partial charge in [0.05, 0.1) is 12.6 Å². The Hall–Kier alpha value is -3.41. The number of carbonyl (C=O) groups is 1. The summed E-state index contributed by atoms with van der Waals surface area (Å²) in [7, 11) is 1.76. The van der Waals surface area contributed by atoms with Gasteiger partial charge in [0, 0.05) is 25.6 Å². The van der Waals surface area contributed by atoms with E-state index in [-0.39, 0.29) is 17.0 Å². The van der Waals surface area contributed by atoms with Crippen molar-refractivity contribution in [3.63, 3.8) is 0 Å². The lowest BCUT2D eigenvalue weighted by Crippen LogP contribution is -2.48. The van der Waals surface area contributed by atoms with Crippen LogP contribution in [0.5, 0.6) is 0 Å². The van der Waals surface area contributed by atoms with Crippen LogP contribution < -0.4 is 15.8 Å². The van der Waals surface area contributed by atoms with Gasteiger partial charge in [-0.3, -0.25) is 9.36 Å². The molecule has 2 aliphatic rings. The number of halogens is 1. The SMILES string of the molecule is Cn1c(N2CCC3(CC2)Cc2ccccc2C3NC(=O)O)nc2c(c(I)nn2Cc2ccccc2)c1=O. The van der Waals surface area contributed by atoms with E-state index in [1.807, 2.05) is 53.2 Å². The first-order valence-corrected chi connectivity index (χ1v) is 13.4. The van der Waals surface area contributed by atoms with Gasteiger partial charge in [0.25, 0.3) is 5.56 Å². The summed E-state index contributed by atoms with van der Waals surface area (Å²) in [6, 6.07) is 17.9. The first-order valence-electron chi connectivity index (χ1n) is 12.4. The highest BCUT2D eigenvalue weighted by atomic mass is 127. The summed E-state index contributed by atoms with van der Waals surface area (Å²) >= 11 is 2.11. The molecule has 6 rings (SSSR count). The molecule has 0 saturated carbocycles. The van der Waals surface area contributed by atoms with Crippen molar-refractivity contribution in [2.75, 3.05) is 18.0 Å². The summed E-state index contributed by atoms with van der Waals surface area (Å²) in [5.74, 6) is 0.621. The van der Waals surface area contributed by atoms with E-state index in [1.165, 1.54) is 5.56 Å². The maximum absolute atomic E-state index is 13.4. The molecule has 1 spiro atoms. The zero-order chi connectivity index (χ0) is 25.7. The number of aromatic nitrogens is 4. The van der Waals surface area contributed by atoms with Crippen molar-refractivity contribution >= 4 is 45.7 Å². The van der Waals surface area contributed by atoms with Gasteiger partial charge in [0.2, 0.25) is 5.95 Å². The fourth-order valence-electron chi connectivity index (χ4n) is 6.06. The van der Waals surface area contributed by atoms with Crippen molar-refractivity contribution in [2.45, 2.75) is 31.8 Å². The van der Waals surface area contributed by atoms with Crippen LogP contribution in [0, 0.1) is 9.12 Å². The number of rotatable bonds is 4. The van der Waals surface area contributed by atoms with Crippen molar-refractivity contribution in [1.29, 1.82) is 0 Å². The third-order valence-corrected chi connectivity index (χ3v) is 8.67. The van der Waals surface area contributed by atoms with E-state index in [4.69, 9.17) is 4.98 Å². The number of anilines is 1. The molecule has 1 fully saturated rings. The van der Waals surface area contributed by atoms with Gasteiger partial charge in [0.15, 0.2) is 5.65 Å². The van der Waals surface area contributed by atoms with Crippen molar-refractivity contribution in [2.24, 2.45) is 12.5 Å². The Morgan fingerprint density at radius 2 is 1.84 bits per heavy atom. The quantitative estimate of drug-likeness (QED) is 0.340. The second-order valence-electron chi connectivity index (χ2n) is 10.0. The molecule has 0 radical (unpaired) electrons. The summed E-state index contributed by atoms with van der Waals surface area (Å²) in [4.78, 5) is 32.2. The van der Waals surface area contributed by atoms with Crippen LogP contribution in [-0.2, 0) is 20.0 Å². The van der Waals surface area contributed by atoms with E-state index >= 15 is 0 Å². The fourth-order valence-corrected chi connectivity index (χ4v) is 6.79. The van der Waals surface area contributed by atoms with Crippen molar-refractivity contribution in [3.8, 4) is 0 Å². The minimum Gasteiger partial charge on any atom is -0.465 e. The lowest BCUT2D eigenvalue weighted by atomic mass is 9.73. The predicted octanol–water partition coefficient (Wildman–Crippen LogP) is 3.93. The van der Waals surface area contributed by atoms with Crippen LogP contribution in [0.1, 0.15) is 35.6 Å². The normalized spacial score (nSPS) is 18.3. The number of nitrogens with one attached hydrogen (secondary N) is 1. The Balaban J connectivity index is 1.32. The van der Waals surface area contributed by atoms with Crippen molar-refractivity contribution in [3.05, 3.63) is 85.3 Å². The lowest BCUT2D eigenvalue weighted by molar-refractivity contribution is 0.141. The largest absolute Gasteiger partial charge is 0.465 e. The Bertz CT molecular complexity index is 1560. The molecule has 0 bridgehead atoms. The van der Waals surface area contributed by atoms with Crippen LogP contribution in [-0.4, -0.2) is 43.6 Å². The summed E-state index contributed by atoms with van der Waals surface area (Å²) in [5.41, 5.74) is 3.66. The molecule has 9 nitrogen and oxygen atoms in total. The maximum atomic E-state index is 13.4. The van der Waals surface area contributed by atoms with Gasteiger partial charge in [0.1, 0.15) is 9.09 Å². The highest BCUT2D eigenvalue weighted by molar-refractivity contribution is 14.1. The lowest BCUT2D eigenvalue weighted by Gasteiger charge is -2.43. The Morgan fingerprint density at radius 3 is 2.57 bits per heavy atom. The van der Waals surface area contributed by atoms with Gasteiger partial charge in [-0.25, -0.2) is 9.48 Å². The van der Waals surface area contributed by atoms with Gasteiger partial charge >= 0.3 is 6.09 Å². The number of benzene rings is 2. The van der Waals surface area contributed by atoms with Gasteiger partial charge in [-0.15, -0.1) is 0 Å². The number of piperidine rings is 1. The zero-order valence-corrected chi connectivity index (χ0v) is 22.6. The molecular weight excluding hydrogens is 583 g/mol. The summed E-state index contributed by atoms with van der Waals surface area (Å²) < 4.78 is 4.07. The smallest absolute Gasteiger partial charge is 0.405 e. The third kappa shape index (κ3) is 4.07. The molecule has 10 heteroatoms. The molecule has 1 unspecified atom stereocenters. The van der Waals surface area contributed by atoms with Crippen molar-refractivity contribution in [1.82, 2.24) is 24.6 Å². The zero-order valence-electron chi connectivity index (χ0n) is 20.4. The Labute approximate surface area is 227 Å². The Morgan fingerprint density at radius 1 is 1.14 bits per heavy atom. The molecule has 1 aliphatic carbocycles. The summed E-state index contributed by atoms with van der Waals surface area (Å²) in [6.45, 7) is 1.90. The molecule has 3 heterocycles. The van der Waals surface area contributed by atoms with E-state index in [9.17, 15) is 14.7 Å². The molecule has 2 aromatic heterocycles. The van der Waals surface area contributed by atoms with Gasteiger partial charge in [-0.05, 0) is 58.5 Å². The number of hydrogen-bond donors (Lipinski definition) is 2. The first kappa shape index (κ1) is 24.0. The molecular formula is C27H27IN6O3. The average molecular weight is 610 g/mol. The average Bonchev–Trinajstić information content (AvgIpc) is 3.36. The number of amides is 1.